The fourth-order valence-corrected chi connectivity index (χ4v) is 11.2. The molecule has 1 aliphatic rings. The molecule has 0 saturated carbocycles. The second kappa shape index (κ2) is 5.29. The zero-order chi connectivity index (χ0) is 17.0. The fraction of sp³-hybridized carbons (Fsp3) is 0.333. The lowest BCUT2D eigenvalue weighted by atomic mass is 9.97. The number of ether oxygens (including phenoxy) is 1. The normalized spacial score (nSPS) is 17.6. The number of hydrogen-bond donors (Lipinski definition) is 0. The summed E-state index contributed by atoms with van der Waals surface area (Å²) >= 11 is 0. The minimum Gasteiger partial charge on any atom is -0.456 e. The molecule has 1 aliphatic heterocycles. The topological polar surface area (TPSA) is 9.23 Å². The molecule has 2 aromatic carbocycles. The van der Waals surface area contributed by atoms with Crippen molar-refractivity contribution < 1.29 is 4.74 Å². The van der Waals surface area contributed by atoms with Crippen LogP contribution in [0, 0.1) is 6.92 Å². The Bertz CT molecular complexity index is 746. The van der Waals surface area contributed by atoms with Crippen LogP contribution in [0.25, 0.3) is 0 Å². The van der Waals surface area contributed by atoms with Crippen molar-refractivity contribution in [1.82, 2.24) is 0 Å². The van der Waals surface area contributed by atoms with E-state index in [-0.39, 0.29) is 0 Å². The van der Waals surface area contributed by atoms with Gasteiger partial charge >= 0.3 is 0 Å². The Morgan fingerprint density at radius 2 is 1.39 bits per heavy atom. The van der Waals surface area contributed by atoms with Gasteiger partial charge in [-0.05, 0) is 43.6 Å². The van der Waals surface area contributed by atoms with Crippen molar-refractivity contribution in [2.24, 2.45) is 0 Å². The Balaban J connectivity index is 2.51. The number of benzene rings is 2. The Hall–Kier alpha value is -0.930. The molecule has 0 N–H and O–H groups in total. The van der Waals surface area contributed by atoms with E-state index < -0.39 is 23.8 Å². The van der Waals surface area contributed by atoms with Crippen LogP contribution in [0.1, 0.15) is 16.7 Å². The number of para-hydroxylation sites is 2. The summed E-state index contributed by atoms with van der Waals surface area (Å²) < 4.78 is 5.88. The highest BCUT2D eigenvalue weighted by atomic mass is 32.3. The van der Waals surface area contributed by atoms with E-state index in [1.54, 1.807) is 0 Å². The van der Waals surface area contributed by atoms with Gasteiger partial charge in [-0.2, -0.15) is 0 Å². The summed E-state index contributed by atoms with van der Waals surface area (Å²) in [6.45, 7) is 2.08. The van der Waals surface area contributed by atoms with Crippen LogP contribution in [-0.4, -0.2) is 39.3 Å². The van der Waals surface area contributed by atoms with Gasteiger partial charge in [-0.1, -0.05) is 36.4 Å². The summed E-state index contributed by atoms with van der Waals surface area (Å²) in [4.78, 5) is 0. The number of aryl methyl sites for hydroxylation is 1. The molecule has 0 bridgehead atoms. The maximum Gasteiger partial charge on any atom is 0.139 e. The monoisotopic (exact) mass is 340 g/mol. The number of fused-ring (bicyclic) bond motifs is 2. The predicted molar refractivity (Wildman–Crippen MR) is 109 cm³/mol. The summed E-state index contributed by atoms with van der Waals surface area (Å²) in [6, 6.07) is 14.5. The summed E-state index contributed by atoms with van der Waals surface area (Å²) in [6.07, 6.45) is 8.62. The molecule has 2 aromatic rings. The molecule has 0 aliphatic carbocycles. The van der Waals surface area contributed by atoms with E-state index in [9.17, 15) is 0 Å². The van der Waals surface area contributed by atoms with Crippen molar-refractivity contribution >= 4 is 34.0 Å². The molecule has 0 unspecified atom stereocenters. The first-order chi connectivity index (χ1) is 10.6. The van der Waals surface area contributed by atoms with Crippen LogP contribution in [0.4, 0.5) is 0 Å². The molecule has 1 heterocycles. The van der Waals surface area contributed by atoms with Crippen LogP contribution in [0.15, 0.2) is 42.5 Å². The first-order valence-corrected chi connectivity index (χ1v) is 12.5. The van der Waals surface area contributed by atoms with Crippen molar-refractivity contribution in [3.63, 3.8) is 0 Å². The number of hydrogen-bond acceptors (Lipinski definition) is 1. The molecule has 1 nitrogen and oxygen atoms in total. The van der Waals surface area contributed by atoms with Crippen molar-refractivity contribution in [1.29, 1.82) is 0 Å². The zero-order valence-electron chi connectivity index (χ0n) is 14.4. The third-order valence-corrected chi connectivity index (χ3v) is 10.9. The molecular formula is C18H22B2OS2. The molecule has 3 rings (SSSR count). The Morgan fingerprint density at radius 3 is 2.00 bits per heavy atom. The Morgan fingerprint density at radius 1 is 0.826 bits per heavy atom. The second-order valence-corrected chi connectivity index (χ2v) is 14.1. The van der Waals surface area contributed by atoms with Crippen LogP contribution < -0.4 is 4.74 Å². The highest BCUT2D eigenvalue weighted by molar-refractivity contribution is 8.64. The van der Waals surface area contributed by atoms with Crippen molar-refractivity contribution in [2.75, 3.05) is 25.0 Å². The van der Waals surface area contributed by atoms with Crippen LogP contribution in [0.2, 0.25) is 0 Å². The molecule has 0 amide bonds. The first kappa shape index (κ1) is 16.9. The third-order valence-electron chi connectivity index (χ3n) is 4.50. The van der Waals surface area contributed by atoms with Crippen LogP contribution in [0.5, 0.6) is 11.5 Å². The lowest BCUT2D eigenvalue weighted by Gasteiger charge is -2.62. The lowest BCUT2D eigenvalue weighted by molar-refractivity contribution is 0.451. The summed E-state index contributed by atoms with van der Waals surface area (Å²) in [5, 5.41) is 0. The van der Waals surface area contributed by atoms with E-state index in [0.29, 0.717) is 0 Å². The molecule has 0 spiro atoms. The Labute approximate surface area is 145 Å². The molecule has 118 valence electrons. The van der Waals surface area contributed by atoms with Crippen molar-refractivity contribution in [2.45, 2.75) is 11.0 Å². The van der Waals surface area contributed by atoms with E-state index in [1.165, 1.54) is 0 Å². The molecule has 0 fully saturated rings. The van der Waals surface area contributed by atoms with Gasteiger partial charge in [-0.15, -0.1) is 0 Å². The van der Waals surface area contributed by atoms with E-state index in [1.807, 2.05) is 18.2 Å². The van der Waals surface area contributed by atoms with Gasteiger partial charge < -0.3 is 4.74 Å². The molecule has 5 heteroatoms. The predicted octanol–water partition coefficient (Wildman–Crippen LogP) is 4.60. The molecule has 0 saturated heterocycles. The minimum atomic E-state index is -1.56. The smallest absolute Gasteiger partial charge is 0.139 e. The molecular weight excluding hydrogens is 318 g/mol. The van der Waals surface area contributed by atoms with Gasteiger partial charge in [0.05, 0.1) is 4.08 Å². The number of rotatable bonds is 2. The van der Waals surface area contributed by atoms with Gasteiger partial charge in [-0.25, -0.2) is 0 Å². The lowest BCUT2D eigenvalue weighted by Crippen LogP contribution is -2.40. The zero-order valence-corrected chi connectivity index (χ0v) is 16.1. The highest BCUT2D eigenvalue weighted by Crippen LogP contribution is 2.78. The molecule has 0 atom stereocenters. The second-order valence-electron chi connectivity index (χ2n) is 6.98. The van der Waals surface area contributed by atoms with Gasteiger partial charge in [0.2, 0.25) is 0 Å². The maximum atomic E-state index is 6.88. The SMILES string of the molecule is [B]S(C)(C)C1(S([B])(C)C)c2ccccc2Oc2c(C)cccc21. The fourth-order valence-electron chi connectivity index (χ4n) is 3.82. The van der Waals surface area contributed by atoms with Gasteiger partial charge in [0.1, 0.15) is 25.7 Å². The summed E-state index contributed by atoms with van der Waals surface area (Å²) in [7, 11) is 10.6. The maximum absolute atomic E-state index is 6.88. The van der Waals surface area contributed by atoms with Gasteiger partial charge in [0.15, 0.2) is 0 Å². The summed E-state index contributed by atoms with van der Waals surface area (Å²) in [5.41, 5.74) is 3.39. The largest absolute Gasteiger partial charge is 0.456 e. The van der Waals surface area contributed by atoms with Gasteiger partial charge in [0.25, 0.3) is 0 Å². The van der Waals surface area contributed by atoms with Crippen LogP contribution in [0.3, 0.4) is 0 Å². The van der Waals surface area contributed by atoms with Crippen molar-refractivity contribution in [3.05, 3.63) is 59.2 Å². The minimum absolute atomic E-state index is 0.393. The molecule has 4 radical (unpaired) electrons. The third kappa shape index (κ3) is 2.27. The average molecular weight is 340 g/mol. The quantitative estimate of drug-likeness (QED) is 0.726. The van der Waals surface area contributed by atoms with E-state index in [2.05, 4.69) is 56.2 Å². The van der Waals surface area contributed by atoms with E-state index in [0.717, 1.165) is 28.2 Å². The van der Waals surface area contributed by atoms with Crippen molar-refractivity contribution in [3.8, 4) is 11.5 Å². The molecule has 23 heavy (non-hydrogen) atoms. The highest BCUT2D eigenvalue weighted by Gasteiger charge is 2.53. The van der Waals surface area contributed by atoms with E-state index in [4.69, 9.17) is 19.0 Å². The van der Waals surface area contributed by atoms with Crippen LogP contribution in [-0.2, 0) is 4.08 Å². The van der Waals surface area contributed by atoms with E-state index >= 15 is 0 Å². The molecule has 0 aromatic heterocycles. The van der Waals surface area contributed by atoms with Crippen LogP contribution >= 0.6 is 19.8 Å². The Kier molecular flexibility index (Phi) is 3.89. The summed E-state index contributed by atoms with van der Waals surface area (Å²) in [5.74, 6) is 1.80. The first-order valence-electron chi connectivity index (χ1n) is 7.49. The van der Waals surface area contributed by atoms with Gasteiger partial charge in [0, 0.05) is 11.1 Å². The average Bonchev–Trinajstić information content (AvgIpc) is 2.43. The standard InChI is InChI=1S/C18H22B2OS2/c1-13-9-8-11-15-17(13)21-16-12-7-6-10-14(16)18(15,22(2,3)19)23(4,5)20/h6-12H,1-5H3. The van der Waals surface area contributed by atoms with Gasteiger partial charge in [-0.3, -0.25) is 19.8 Å².